The SMILES string of the molecule is CCC(=O)c1cc(C)c(-c2cc3cnc(Cl)cc3c(/C=C\N)n2)cn1. The van der Waals surface area contributed by atoms with Gasteiger partial charge in [0.25, 0.3) is 0 Å². The van der Waals surface area contributed by atoms with Crippen molar-refractivity contribution in [3.8, 4) is 11.3 Å². The molecule has 0 fully saturated rings. The smallest absolute Gasteiger partial charge is 0.180 e. The number of carbonyl (C=O) groups excluding carboxylic acids is 1. The molecule has 0 amide bonds. The van der Waals surface area contributed by atoms with Gasteiger partial charge in [0, 0.05) is 35.2 Å². The van der Waals surface area contributed by atoms with Crippen molar-refractivity contribution in [2.75, 3.05) is 0 Å². The van der Waals surface area contributed by atoms with E-state index in [9.17, 15) is 4.79 Å². The van der Waals surface area contributed by atoms with Crippen LogP contribution in [0.15, 0.2) is 36.8 Å². The predicted molar refractivity (Wildman–Crippen MR) is 100 cm³/mol. The van der Waals surface area contributed by atoms with Crippen LogP contribution in [0.3, 0.4) is 0 Å². The molecular weight excluding hydrogens is 336 g/mol. The van der Waals surface area contributed by atoms with E-state index in [0.29, 0.717) is 23.0 Å². The Morgan fingerprint density at radius 2 is 2.04 bits per heavy atom. The lowest BCUT2D eigenvalue weighted by Crippen LogP contribution is -2.02. The zero-order valence-corrected chi connectivity index (χ0v) is 14.7. The van der Waals surface area contributed by atoms with Gasteiger partial charge in [-0.3, -0.25) is 9.78 Å². The van der Waals surface area contributed by atoms with Crippen molar-refractivity contribution in [1.82, 2.24) is 15.0 Å². The third-order valence-electron chi connectivity index (χ3n) is 3.96. The molecule has 25 heavy (non-hydrogen) atoms. The molecule has 0 aliphatic carbocycles. The molecule has 3 aromatic rings. The second kappa shape index (κ2) is 6.99. The summed E-state index contributed by atoms with van der Waals surface area (Å²) in [5.74, 6) is 0.0201. The first-order valence-electron chi connectivity index (χ1n) is 7.88. The highest BCUT2D eigenvalue weighted by molar-refractivity contribution is 6.30. The van der Waals surface area contributed by atoms with Gasteiger partial charge in [0.1, 0.15) is 10.8 Å². The number of aryl methyl sites for hydroxylation is 1. The third-order valence-corrected chi connectivity index (χ3v) is 4.16. The normalized spacial score (nSPS) is 11.3. The van der Waals surface area contributed by atoms with Crippen LogP contribution in [0.5, 0.6) is 0 Å². The molecule has 3 rings (SSSR count). The summed E-state index contributed by atoms with van der Waals surface area (Å²) in [4.78, 5) is 24.9. The van der Waals surface area contributed by atoms with Crippen LogP contribution in [0, 0.1) is 6.92 Å². The lowest BCUT2D eigenvalue weighted by Gasteiger charge is -2.10. The van der Waals surface area contributed by atoms with Crippen molar-refractivity contribution in [1.29, 1.82) is 0 Å². The Bertz CT molecular complexity index is 998. The summed E-state index contributed by atoms with van der Waals surface area (Å²) in [7, 11) is 0. The first-order chi connectivity index (χ1) is 12.0. The Morgan fingerprint density at radius 3 is 2.72 bits per heavy atom. The number of aromatic nitrogens is 3. The van der Waals surface area contributed by atoms with Gasteiger partial charge in [0.2, 0.25) is 0 Å². The van der Waals surface area contributed by atoms with Crippen LogP contribution < -0.4 is 5.73 Å². The van der Waals surface area contributed by atoms with E-state index in [1.54, 1.807) is 30.6 Å². The molecule has 0 bridgehead atoms. The number of ketones is 1. The number of fused-ring (bicyclic) bond motifs is 1. The minimum Gasteiger partial charge on any atom is -0.405 e. The summed E-state index contributed by atoms with van der Waals surface area (Å²) in [6.45, 7) is 3.76. The first-order valence-corrected chi connectivity index (χ1v) is 8.26. The summed E-state index contributed by atoms with van der Waals surface area (Å²) in [5.41, 5.74) is 9.26. The zero-order valence-electron chi connectivity index (χ0n) is 14.0. The van der Waals surface area contributed by atoms with Gasteiger partial charge in [-0.05, 0) is 43.0 Å². The summed E-state index contributed by atoms with van der Waals surface area (Å²) >= 11 is 6.00. The molecule has 0 spiro atoms. The van der Waals surface area contributed by atoms with Gasteiger partial charge in [0.05, 0.1) is 11.4 Å². The molecule has 0 atom stereocenters. The summed E-state index contributed by atoms with van der Waals surface area (Å²) in [6.07, 6.45) is 6.98. The maximum Gasteiger partial charge on any atom is 0.180 e. The van der Waals surface area contributed by atoms with E-state index in [1.165, 1.54) is 6.20 Å². The van der Waals surface area contributed by atoms with E-state index in [2.05, 4.69) is 15.0 Å². The van der Waals surface area contributed by atoms with Crippen LogP contribution in [0.25, 0.3) is 28.1 Å². The Balaban J connectivity index is 2.19. The topological polar surface area (TPSA) is 81.8 Å². The van der Waals surface area contributed by atoms with Gasteiger partial charge in [0.15, 0.2) is 5.78 Å². The number of Topliss-reactive ketones (excluding diaryl/α,β-unsaturated/α-hetero) is 1. The fraction of sp³-hybridized carbons (Fsp3) is 0.158. The van der Waals surface area contributed by atoms with Gasteiger partial charge < -0.3 is 5.73 Å². The Hall–Kier alpha value is -2.79. The van der Waals surface area contributed by atoms with Crippen LogP contribution in [-0.2, 0) is 0 Å². The summed E-state index contributed by atoms with van der Waals surface area (Å²) < 4.78 is 0. The summed E-state index contributed by atoms with van der Waals surface area (Å²) in [6, 6.07) is 5.49. The van der Waals surface area contributed by atoms with E-state index in [4.69, 9.17) is 17.3 Å². The molecule has 3 aromatic heterocycles. The average molecular weight is 353 g/mol. The standard InChI is InChI=1S/C19H17ClN4O/c1-3-18(25)17-6-11(2)14(10-22-17)16-7-12-9-23-19(20)8-13(12)15(24-16)4-5-21/h4-10H,3,21H2,1-2H3/b5-4-. The quantitative estimate of drug-likeness (QED) is 0.562. The van der Waals surface area contributed by atoms with Crippen molar-refractivity contribution in [2.45, 2.75) is 20.3 Å². The monoisotopic (exact) mass is 352 g/mol. The highest BCUT2D eigenvalue weighted by Crippen LogP contribution is 2.28. The minimum absolute atomic E-state index is 0.0201. The van der Waals surface area contributed by atoms with Crippen LogP contribution in [0.1, 0.15) is 35.1 Å². The molecule has 0 radical (unpaired) electrons. The molecule has 126 valence electrons. The molecule has 0 aromatic carbocycles. The molecule has 5 nitrogen and oxygen atoms in total. The molecule has 0 aliphatic rings. The number of carbonyl (C=O) groups is 1. The maximum absolute atomic E-state index is 11.8. The predicted octanol–water partition coefficient (Wildman–Crippen LogP) is 4.18. The zero-order chi connectivity index (χ0) is 18.0. The first kappa shape index (κ1) is 17.0. The number of hydrogen-bond donors (Lipinski definition) is 1. The van der Waals surface area contributed by atoms with Gasteiger partial charge in [-0.1, -0.05) is 18.5 Å². The number of rotatable bonds is 4. The van der Waals surface area contributed by atoms with E-state index >= 15 is 0 Å². The minimum atomic E-state index is 0.0201. The second-order valence-electron chi connectivity index (χ2n) is 5.64. The van der Waals surface area contributed by atoms with E-state index in [0.717, 1.165) is 27.6 Å². The number of pyridine rings is 3. The molecule has 3 heterocycles. The Labute approximate surface area is 150 Å². The maximum atomic E-state index is 11.8. The molecule has 0 saturated carbocycles. The largest absolute Gasteiger partial charge is 0.405 e. The van der Waals surface area contributed by atoms with Crippen molar-refractivity contribution in [3.63, 3.8) is 0 Å². The van der Waals surface area contributed by atoms with Crippen LogP contribution in [0.2, 0.25) is 5.15 Å². The van der Waals surface area contributed by atoms with Crippen molar-refractivity contribution in [3.05, 3.63) is 58.9 Å². The van der Waals surface area contributed by atoms with Gasteiger partial charge in [-0.15, -0.1) is 0 Å². The van der Waals surface area contributed by atoms with Crippen LogP contribution >= 0.6 is 11.6 Å². The lowest BCUT2D eigenvalue weighted by atomic mass is 10.0. The molecule has 6 heteroatoms. The van der Waals surface area contributed by atoms with Gasteiger partial charge >= 0.3 is 0 Å². The fourth-order valence-corrected chi connectivity index (χ4v) is 2.82. The van der Waals surface area contributed by atoms with Gasteiger partial charge in [-0.25, -0.2) is 9.97 Å². The molecule has 0 saturated heterocycles. The van der Waals surface area contributed by atoms with Crippen LogP contribution in [-0.4, -0.2) is 20.7 Å². The van der Waals surface area contributed by atoms with Crippen LogP contribution in [0.4, 0.5) is 0 Å². The number of nitrogens with two attached hydrogens (primary N) is 1. The van der Waals surface area contributed by atoms with Crippen molar-refractivity contribution < 1.29 is 4.79 Å². The number of hydrogen-bond acceptors (Lipinski definition) is 5. The van der Waals surface area contributed by atoms with Crippen molar-refractivity contribution >= 4 is 34.2 Å². The Morgan fingerprint density at radius 1 is 1.24 bits per heavy atom. The van der Waals surface area contributed by atoms with Gasteiger partial charge in [-0.2, -0.15) is 0 Å². The molecular formula is C19H17ClN4O. The highest BCUT2D eigenvalue weighted by atomic mass is 35.5. The average Bonchev–Trinajstić information content (AvgIpc) is 2.61. The second-order valence-corrected chi connectivity index (χ2v) is 6.03. The van der Waals surface area contributed by atoms with Crippen molar-refractivity contribution in [2.24, 2.45) is 5.73 Å². The summed E-state index contributed by atoms with van der Waals surface area (Å²) in [5, 5.41) is 2.17. The molecule has 2 N–H and O–H groups in total. The van der Waals surface area contributed by atoms with E-state index in [1.807, 2.05) is 19.9 Å². The lowest BCUT2D eigenvalue weighted by molar-refractivity contribution is 0.0983. The molecule has 0 aliphatic heterocycles. The van der Waals surface area contributed by atoms with E-state index in [-0.39, 0.29) is 5.78 Å². The number of halogens is 1. The Kier molecular flexibility index (Phi) is 4.76. The fourth-order valence-electron chi connectivity index (χ4n) is 2.66. The van der Waals surface area contributed by atoms with E-state index < -0.39 is 0 Å². The number of nitrogens with zero attached hydrogens (tertiary/aromatic N) is 3. The highest BCUT2D eigenvalue weighted by Gasteiger charge is 2.12. The molecule has 0 unspecified atom stereocenters. The third kappa shape index (κ3) is 3.37.